The van der Waals surface area contributed by atoms with Crippen LogP contribution in [0.1, 0.15) is 213 Å². The van der Waals surface area contributed by atoms with Crippen molar-refractivity contribution >= 4 is 5.91 Å². The fourth-order valence-corrected chi connectivity index (χ4v) is 5.75. The lowest BCUT2D eigenvalue weighted by molar-refractivity contribution is -0.122. The average Bonchev–Trinajstić information content (AvgIpc) is 2.94. The monoisotopic (exact) mass is 552 g/mol. The standard InChI is InChI=1S/C36H73NO2/c1-3-5-7-9-11-13-14-15-16-17-18-19-20-21-22-23-24-25-27-29-31-33-36(39)37-35(34-38)32-30-28-26-12-10-8-6-4-2/h35,38H,3-34H2,1-2H3,(H,37,39). The minimum absolute atomic E-state index is 0.0486. The van der Waals surface area contributed by atoms with Crippen LogP contribution in [0.25, 0.3) is 0 Å². The molecule has 0 saturated carbocycles. The summed E-state index contributed by atoms with van der Waals surface area (Å²) < 4.78 is 0. The highest BCUT2D eigenvalue weighted by atomic mass is 16.3. The Hall–Kier alpha value is -0.570. The van der Waals surface area contributed by atoms with Crippen molar-refractivity contribution in [3.63, 3.8) is 0 Å². The lowest BCUT2D eigenvalue weighted by Gasteiger charge is -2.16. The van der Waals surface area contributed by atoms with E-state index < -0.39 is 0 Å². The van der Waals surface area contributed by atoms with Crippen LogP contribution in [0.15, 0.2) is 0 Å². The van der Waals surface area contributed by atoms with Crippen LogP contribution in [0.3, 0.4) is 0 Å². The van der Waals surface area contributed by atoms with Crippen molar-refractivity contribution in [3.8, 4) is 0 Å². The maximum Gasteiger partial charge on any atom is 0.220 e. The van der Waals surface area contributed by atoms with Gasteiger partial charge in [-0.15, -0.1) is 0 Å². The van der Waals surface area contributed by atoms with Gasteiger partial charge in [0, 0.05) is 6.42 Å². The Labute approximate surface area is 246 Å². The van der Waals surface area contributed by atoms with Crippen LogP contribution in [0.5, 0.6) is 0 Å². The van der Waals surface area contributed by atoms with Crippen LogP contribution in [0.2, 0.25) is 0 Å². The van der Waals surface area contributed by atoms with Gasteiger partial charge in [-0.1, -0.05) is 194 Å². The Balaban J connectivity index is 3.31. The second-order valence-electron chi connectivity index (χ2n) is 12.5. The van der Waals surface area contributed by atoms with Crippen molar-refractivity contribution in [1.29, 1.82) is 0 Å². The van der Waals surface area contributed by atoms with Crippen LogP contribution in [0.4, 0.5) is 0 Å². The topological polar surface area (TPSA) is 49.3 Å². The van der Waals surface area contributed by atoms with Gasteiger partial charge in [0.25, 0.3) is 0 Å². The van der Waals surface area contributed by atoms with Gasteiger partial charge >= 0.3 is 0 Å². The Morgan fingerprint density at radius 3 is 1.05 bits per heavy atom. The molecule has 3 heteroatoms. The van der Waals surface area contributed by atoms with Gasteiger partial charge in [0.05, 0.1) is 12.6 Å². The molecule has 0 spiro atoms. The van der Waals surface area contributed by atoms with Crippen molar-refractivity contribution < 1.29 is 9.90 Å². The van der Waals surface area contributed by atoms with Crippen LogP contribution in [-0.4, -0.2) is 23.7 Å². The highest BCUT2D eigenvalue weighted by Crippen LogP contribution is 2.15. The van der Waals surface area contributed by atoms with Crippen molar-refractivity contribution in [2.24, 2.45) is 0 Å². The number of hydrogen-bond acceptors (Lipinski definition) is 2. The number of nitrogens with one attached hydrogen (secondary N) is 1. The van der Waals surface area contributed by atoms with Crippen molar-refractivity contribution in [2.75, 3.05) is 6.61 Å². The minimum atomic E-state index is -0.0486. The van der Waals surface area contributed by atoms with Crippen molar-refractivity contribution in [3.05, 3.63) is 0 Å². The Bertz CT molecular complexity index is 467. The maximum absolute atomic E-state index is 12.2. The van der Waals surface area contributed by atoms with Crippen LogP contribution in [-0.2, 0) is 4.79 Å². The molecule has 0 rings (SSSR count). The number of hydrogen-bond donors (Lipinski definition) is 2. The molecular weight excluding hydrogens is 478 g/mol. The maximum atomic E-state index is 12.2. The molecule has 0 bridgehead atoms. The molecule has 1 unspecified atom stereocenters. The molecule has 0 aromatic rings. The first-order valence-electron chi connectivity index (χ1n) is 18.1. The van der Waals surface area contributed by atoms with E-state index in [1.54, 1.807) is 0 Å². The molecular formula is C36H73NO2. The highest BCUT2D eigenvalue weighted by molar-refractivity contribution is 5.76. The number of rotatable bonds is 33. The third kappa shape index (κ3) is 31.8. The second kappa shape index (κ2) is 33.6. The van der Waals surface area contributed by atoms with Gasteiger partial charge in [-0.3, -0.25) is 4.79 Å². The summed E-state index contributed by atoms with van der Waals surface area (Å²) in [6, 6.07) is -0.0486. The highest BCUT2D eigenvalue weighted by Gasteiger charge is 2.10. The molecule has 234 valence electrons. The molecule has 0 radical (unpaired) electrons. The first-order chi connectivity index (χ1) is 19.2. The molecule has 0 aromatic carbocycles. The Morgan fingerprint density at radius 2 is 0.744 bits per heavy atom. The van der Waals surface area contributed by atoms with Gasteiger partial charge < -0.3 is 10.4 Å². The molecule has 0 aliphatic rings. The lowest BCUT2D eigenvalue weighted by Crippen LogP contribution is -2.37. The summed E-state index contributed by atoms with van der Waals surface area (Å²) in [6.45, 7) is 4.62. The quantitative estimate of drug-likeness (QED) is 0.0797. The number of unbranched alkanes of at least 4 members (excludes halogenated alkanes) is 27. The summed E-state index contributed by atoms with van der Waals surface area (Å²) in [6.07, 6.45) is 40.9. The fraction of sp³-hybridized carbons (Fsp3) is 0.972. The van der Waals surface area contributed by atoms with Gasteiger partial charge in [0.1, 0.15) is 0 Å². The Morgan fingerprint density at radius 1 is 0.462 bits per heavy atom. The number of aliphatic hydroxyl groups excluding tert-OH is 1. The molecule has 1 amide bonds. The van der Waals surface area contributed by atoms with Gasteiger partial charge in [-0.05, 0) is 12.8 Å². The zero-order valence-electron chi connectivity index (χ0n) is 27.1. The summed E-state index contributed by atoms with van der Waals surface area (Å²) in [7, 11) is 0. The van der Waals surface area contributed by atoms with E-state index in [-0.39, 0.29) is 18.6 Å². The first-order valence-corrected chi connectivity index (χ1v) is 18.1. The molecule has 0 saturated heterocycles. The molecule has 39 heavy (non-hydrogen) atoms. The van der Waals surface area contributed by atoms with E-state index in [0.717, 1.165) is 25.7 Å². The summed E-state index contributed by atoms with van der Waals surface area (Å²) in [5.41, 5.74) is 0. The molecule has 0 aliphatic carbocycles. The average molecular weight is 552 g/mol. The number of carbonyl (C=O) groups is 1. The zero-order valence-corrected chi connectivity index (χ0v) is 27.1. The third-order valence-corrected chi connectivity index (χ3v) is 8.50. The molecule has 0 aliphatic heterocycles. The number of carbonyl (C=O) groups excluding carboxylic acids is 1. The molecule has 3 nitrogen and oxygen atoms in total. The van der Waals surface area contributed by atoms with E-state index in [0.29, 0.717) is 6.42 Å². The molecule has 0 fully saturated rings. The van der Waals surface area contributed by atoms with E-state index in [4.69, 9.17) is 0 Å². The van der Waals surface area contributed by atoms with Crippen LogP contribution in [0, 0.1) is 0 Å². The number of aliphatic hydroxyl groups is 1. The van der Waals surface area contributed by atoms with Gasteiger partial charge in [0.15, 0.2) is 0 Å². The van der Waals surface area contributed by atoms with E-state index >= 15 is 0 Å². The van der Waals surface area contributed by atoms with E-state index in [2.05, 4.69) is 19.2 Å². The van der Waals surface area contributed by atoms with E-state index in [9.17, 15) is 9.90 Å². The van der Waals surface area contributed by atoms with Gasteiger partial charge in [-0.25, -0.2) is 0 Å². The molecule has 1 atom stereocenters. The van der Waals surface area contributed by atoms with Crippen LogP contribution >= 0.6 is 0 Å². The smallest absolute Gasteiger partial charge is 0.220 e. The SMILES string of the molecule is CCCCCCCCCCCCCCCCCCCCCCCC(=O)NC(CO)CCCCCCCCCC. The summed E-state index contributed by atoms with van der Waals surface area (Å²) >= 11 is 0. The summed E-state index contributed by atoms with van der Waals surface area (Å²) in [4.78, 5) is 12.2. The second-order valence-corrected chi connectivity index (χ2v) is 12.5. The predicted octanol–water partition coefficient (Wildman–Crippen LogP) is 11.6. The molecule has 2 N–H and O–H groups in total. The fourth-order valence-electron chi connectivity index (χ4n) is 5.75. The molecule has 0 aromatic heterocycles. The summed E-state index contributed by atoms with van der Waals surface area (Å²) in [5.74, 6) is 0.131. The van der Waals surface area contributed by atoms with Crippen molar-refractivity contribution in [2.45, 2.75) is 219 Å². The molecule has 0 heterocycles. The largest absolute Gasteiger partial charge is 0.394 e. The van der Waals surface area contributed by atoms with Gasteiger partial charge in [-0.2, -0.15) is 0 Å². The predicted molar refractivity (Wildman–Crippen MR) is 173 cm³/mol. The van der Waals surface area contributed by atoms with Crippen molar-refractivity contribution in [1.82, 2.24) is 5.32 Å². The van der Waals surface area contributed by atoms with E-state index in [1.165, 1.54) is 167 Å². The lowest BCUT2D eigenvalue weighted by atomic mass is 10.0. The van der Waals surface area contributed by atoms with E-state index in [1.807, 2.05) is 0 Å². The third-order valence-electron chi connectivity index (χ3n) is 8.50. The van der Waals surface area contributed by atoms with Gasteiger partial charge in [0.2, 0.25) is 5.91 Å². The minimum Gasteiger partial charge on any atom is -0.394 e. The zero-order chi connectivity index (χ0) is 28.5. The summed E-state index contributed by atoms with van der Waals surface area (Å²) in [5, 5.41) is 12.7. The first kappa shape index (κ1) is 38.4. The van der Waals surface area contributed by atoms with Crippen LogP contribution < -0.4 is 5.32 Å². The Kier molecular flexibility index (Phi) is 33.1. The number of amides is 1. The normalized spacial score (nSPS) is 12.2.